The number of carbonyl (C=O) groups excluding carboxylic acids is 1. The van der Waals surface area contributed by atoms with Gasteiger partial charge >= 0.3 is 0 Å². The second-order valence-electron chi connectivity index (χ2n) is 7.82. The molecule has 2 saturated carbocycles. The molecular weight excluding hydrogens is 260 g/mol. The van der Waals surface area contributed by atoms with Crippen molar-refractivity contribution in [3.63, 3.8) is 0 Å². The van der Waals surface area contributed by atoms with E-state index in [1.54, 1.807) is 0 Å². The van der Waals surface area contributed by atoms with Crippen LogP contribution in [0.1, 0.15) is 84.0 Å². The highest BCUT2D eigenvalue weighted by atomic mass is 16.5. The van der Waals surface area contributed by atoms with Crippen LogP contribution in [-0.2, 0) is 9.53 Å². The zero-order valence-corrected chi connectivity index (χ0v) is 13.7. The van der Waals surface area contributed by atoms with Crippen molar-refractivity contribution in [3.8, 4) is 0 Å². The van der Waals surface area contributed by atoms with E-state index in [0.717, 1.165) is 31.8 Å². The molecule has 0 N–H and O–H groups in total. The minimum atomic E-state index is 0.0790. The Kier molecular flexibility index (Phi) is 5.03. The van der Waals surface area contributed by atoms with Crippen molar-refractivity contribution in [1.29, 1.82) is 0 Å². The van der Waals surface area contributed by atoms with Gasteiger partial charge in [-0.25, -0.2) is 0 Å². The largest absolute Gasteiger partial charge is 0.375 e. The van der Waals surface area contributed by atoms with E-state index in [0.29, 0.717) is 17.6 Å². The Bertz CT molecular complexity index is 351. The smallest absolute Gasteiger partial charge is 0.139 e. The van der Waals surface area contributed by atoms with Gasteiger partial charge in [0.1, 0.15) is 5.78 Å². The van der Waals surface area contributed by atoms with Crippen LogP contribution in [0.4, 0.5) is 0 Å². The number of carbonyl (C=O) groups is 1. The molecule has 0 bridgehead atoms. The minimum Gasteiger partial charge on any atom is -0.375 e. The molecule has 1 saturated heterocycles. The van der Waals surface area contributed by atoms with Crippen molar-refractivity contribution in [1.82, 2.24) is 0 Å². The number of hydrogen-bond donors (Lipinski definition) is 0. The molecule has 0 radical (unpaired) electrons. The lowest BCUT2D eigenvalue weighted by Gasteiger charge is -2.44. The summed E-state index contributed by atoms with van der Waals surface area (Å²) in [6, 6.07) is 0. The zero-order chi connectivity index (χ0) is 14.7. The molecule has 2 nitrogen and oxygen atoms in total. The third-order valence-electron chi connectivity index (χ3n) is 6.42. The number of ketones is 1. The molecule has 0 aromatic carbocycles. The van der Waals surface area contributed by atoms with E-state index in [4.69, 9.17) is 4.74 Å². The summed E-state index contributed by atoms with van der Waals surface area (Å²) in [6.07, 6.45) is 14.5. The van der Waals surface area contributed by atoms with Crippen LogP contribution in [-0.4, -0.2) is 18.0 Å². The summed E-state index contributed by atoms with van der Waals surface area (Å²) in [7, 11) is 0. The molecule has 2 heteroatoms. The molecule has 2 aliphatic carbocycles. The van der Waals surface area contributed by atoms with Crippen molar-refractivity contribution < 1.29 is 9.53 Å². The first-order valence-electron chi connectivity index (χ1n) is 9.40. The van der Waals surface area contributed by atoms with Crippen molar-refractivity contribution >= 4 is 5.78 Å². The fourth-order valence-corrected chi connectivity index (χ4v) is 5.07. The lowest BCUT2D eigenvalue weighted by atomic mass is 9.70. The van der Waals surface area contributed by atoms with Gasteiger partial charge in [-0.2, -0.15) is 0 Å². The summed E-state index contributed by atoms with van der Waals surface area (Å²) in [5.41, 5.74) is 0.0790. The number of Topliss-reactive ketones (excluding diaryl/α,β-unsaturated/α-hetero) is 1. The molecule has 1 spiro atoms. The molecule has 3 atom stereocenters. The van der Waals surface area contributed by atoms with E-state index in [9.17, 15) is 4.79 Å². The van der Waals surface area contributed by atoms with Crippen molar-refractivity contribution in [3.05, 3.63) is 0 Å². The van der Waals surface area contributed by atoms with Gasteiger partial charge in [0.15, 0.2) is 0 Å². The van der Waals surface area contributed by atoms with Crippen molar-refractivity contribution in [2.24, 2.45) is 17.8 Å². The standard InChI is InChI=1S/C19H32O2/c1-2-15-7-6-8-16(13-15)18(20)17-9-12-21-19(14-17)10-4-3-5-11-19/h15-17H,2-14H2,1H3. The van der Waals surface area contributed by atoms with Gasteiger partial charge in [0, 0.05) is 18.4 Å². The van der Waals surface area contributed by atoms with Crippen LogP contribution in [0.15, 0.2) is 0 Å². The molecule has 3 aliphatic rings. The van der Waals surface area contributed by atoms with E-state index in [2.05, 4.69) is 6.92 Å². The van der Waals surface area contributed by atoms with Gasteiger partial charge < -0.3 is 4.74 Å². The topological polar surface area (TPSA) is 26.3 Å². The first-order valence-corrected chi connectivity index (χ1v) is 9.40. The van der Waals surface area contributed by atoms with Gasteiger partial charge in [-0.15, -0.1) is 0 Å². The quantitative estimate of drug-likeness (QED) is 0.739. The van der Waals surface area contributed by atoms with E-state index < -0.39 is 0 Å². The van der Waals surface area contributed by atoms with Crippen molar-refractivity contribution in [2.45, 2.75) is 89.6 Å². The highest BCUT2D eigenvalue weighted by molar-refractivity contribution is 5.83. The van der Waals surface area contributed by atoms with Crippen molar-refractivity contribution in [2.75, 3.05) is 6.61 Å². The van der Waals surface area contributed by atoms with Crippen LogP contribution < -0.4 is 0 Å². The van der Waals surface area contributed by atoms with Crippen LogP contribution >= 0.6 is 0 Å². The average Bonchev–Trinajstić information content (AvgIpc) is 2.55. The Morgan fingerprint density at radius 3 is 2.62 bits per heavy atom. The maximum absolute atomic E-state index is 13.0. The first kappa shape index (κ1) is 15.5. The van der Waals surface area contributed by atoms with Gasteiger partial charge in [0.05, 0.1) is 5.60 Å². The van der Waals surface area contributed by atoms with E-state index in [1.807, 2.05) is 0 Å². The third-order valence-corrected chi connectivity index (χ3v) is 6.42. The number of rotatable bonds is 3. The Morgan fingerprint density at radius 1 is 1.05 bits per heavy atom. The molecule has 3 unspecified atom stereocenters. The second kappa shape index (κ2) is 6.81. The fraction of sp³-hybridized carbons (Fsp3) is 0.947. The molecule has 120 valence electrons. The fourth-order valence-electron chi connectivity index (χ4n) is 5.07. The second-order valence-corrected chi connectivity index (χ2v) is 7.82. The van der Waals surface area contributed by atoms with Crippen LogP contribution in [0.3, 0.4) is 0 Å². The van der Waals surface area contributed by atoms with E-state index >= 15 is 0 Å². The summed E-state index contributed by atoms with van der Waals surface area (Å²) in [4.78, 5) is 13.0. The third kappa shape index (κ3) is 3.52. The summed E-state index contributed by atoms with van der Waals surface area (Å²) >= 11 is 0. The van der Waals surface area contributed by atoms with Crippen LogP contribution in [0.2, 0.25) is 0 Å². The van der Waals surface area contributed by atoms with E-state index in [-0.39, 0.29) is 5.60 Å². The molecule has 0 aromatic rings. The normalized spacial score (nSPS) is 36.5. The number of ether oxygens (including phenoxy) is 1. The zero-order valence-electron chi connectivity index (χ0n) is 13.7. The molecule has 21 heavy (non-hydrogen) atoms. The minimum absolute atomic E-state index is 0.0790. The molecule has 0 aromatic heterocycles. The Morgan fingerprint density at radius 2 is 1.86 bits per heavy atom. The lowest BCUT2D eigenvalue weighted by molar-refractivity contribution is -0.147. The van der Waals surface area contributed by atoms with Gasteiger partial charge in [-0.05, 0) is 44.4 Å². The van der Waals surface area contributed by atoms with Gasteiger partial charge in [-0.1, -0.05) is 45.4 Å². The number of hydrogen-bond acceptors (Lipinski definition) is 2. The first-order chi connectivity index (χ1) is 10.2. The molecule has 1 aliphatic heterocycles. The average molecular weight is 292 g/mol. The maximum atomic E-state index is 13.0. The Labute approximate surface area is 130 Å². The Balaban J connectivity index is 1.61. The highest BCUT2D eigenvalue weighted by Crippen LogP contribution is 2.43. The van der Waals surface area contributed by atoms with Crippen LogP contribution in [0.5, 0.6) is 0 Å². The molecule has 3 rings (SSSR count). The molecule has 3 fully saturated rings. The molecular formula is C19H32O2. The van der Waals surface area contributed by atoms with Gasteiger partial charge in [0.25, 0.3) is 0 Å². The highest BCUT2D eigenvalue weighted by Gasteiger charge is 2.42. The SMILES string of the molecule is CCC1CCCC(C(=O)C2CCOC3(CCCCC3)C2)C1. The summed E-state index contributed by atoms with van der Waals surface area (Å²) in [5.74, 6) is 2.07. The summed E-state index contributed by atoms with van der Waals surface area (Å²) in [5, 5.41) is 0. The summed E-state index contributed by atoms with van der Waals surface area (Å²) in [6.45, 7) is 3.10. The maximum Gasteiger partial charge on any atom is 0.139 e. The van der Waals surface area contributed by atoms with Crippen LogP contribution in [0, 0.1) is 17.8 Å². The predicted octanol–water partition coefficient (Wildman–Crippen LogP) is 4.90. The molecule has 0 amide bonds. The van der Waals surface area contributed by atoms with Gasteiger partial charge in [-0.3, -0.25) is 4.79 Å². The van der Waals surface area contributed by atoms with Crippen LogP contribution in [0.25, 0.3) is 0 Å². The monoisotopic (exact) mass is 292 g/mol. The predicted molar refractivity (Wildman–Crippen MR) is 85.2 cm³/mol. The van der Waals surface area contributed by atoms with E-state index in [1.165, 1.54) is 57.8 Å². The lowest BCUT2D eigenvalue weighted by Crippen LogP contribution is -2.44. The van der Waals surface area contributed by atoms with Gasteiger partial charge in [0.2, 0.25) is 0 Å². The summed E-state index contributed by atoms with van der Waals surface area (Å²) < 4.78 is 6.16. The Hall–Kier alpha value is -0.370. The molecule has 1 heterocycles.